The van der Waals surface area contributed by atoms with Gasteiger partial charge in [-0.3, -0.25) is 0 Å². The van der Waals surface area contributed by atoms with Gasteiger partial charge in [0.2, 0.25) is 0 Å². The number of carbonyl (C=O) groups excluding carboxylic acids is 1. The van der Waals surface area contributed by atoms with Gasteiger partial charge in [-0.25, -0.2) is 4.79 Å². The zero-order valence-electron chi connectivity index (χ0n) is 14.4. The highest BCUT2D eigenvalue weighted by Crippen LogP contribution is 2.19. The van der Waals surface area contributed by atoms with Gasteiger partial charge in [0, 0.05) is 25.6 Å². The molecular formula is C19H28N2O3. The molecule has 1 aromatic carbocycles. The number of benzene rings is 1. The van der Waals surface area contributed by atoms with E-state index in [0.717, 1.165) is 39.0 Å². The van der Waals surface area contributed by atoms with Crippen molar-refractivity contribution in [1.29, 1.82) is 0 Å². The quantitative estimate of drug-likeness (QED) is 0.871. The Labute approximate surface area is 144 Å². The van der Waals surface area contributed by atoms with Crippen LogP contribution in [0.15, 0.2) is 30.3 Å². The molecule has 5 heteroatoms. The highest BCUT2D eigenvalue weighted by Gasteiger charge is 2.29. The van der Waals surface area contributed by atoms with E-state index in [1.807, 2.05) is 30.0 Å². The number of amides is 2. The van der Waals surface area contributed by atoms with Crippen molar-refractivity contribution in [2.45, 2.75) is 44.9 Å². The summed E-state index contributed by atoms with van der Waals surface area (Å²) in [6.07, 6.45) is 3.31. The van der Waals surface area contributed by atoms with Crippen LogP contribution in [-0.4, -0.2) is 49.4 Å². The predicted molar refractivity (Wildman–Crippen MR) is 92.7 cm³/mol. The molecule has 5 nitrogen and oxygen atoms in total. The van der Waals surface area contributed by atoms with Crippen molar-refractivity contribution in [1.82, 2.24) is 10.2 Å². The van der Waals surface area contributed by atoms with Crippen molar-refractivity contribution in [3.8, 4) is 0 Å². The molecule has 2 saturated heterocycles. The van der Waals surface area contributed by atoms with Crippen molar-refractivity contribution in [3.63, 3.8) is 0 Å². The molecule has 0 spiro atoms. The van der Waals surface area contributed by atoms with Gasteiger partial charge < -0.3 is 19.7 Å². The van der Waals surface area contributed by atoms with Gasteiger partial charge in [0.15, 0.2) is 0 Å². The lowest BCUT2D eigenvalue weighted by atomic mass is 10.1. The van der Waals surface area contributed by atoms with Crippen LogP contribution in [0.4, 0.5) is 4.79 Å². The average molecular weight is 332 g/mol. The van der Waals surface area contributed by atoms with E-state index in [2.05, 4.69) is 17.4 Å². The van der Waals surface area contributed by atoms with E-state index < -0.39 is 0 Å². The summed E-state index contributed by atoms with van der Waals surface area (Å²) in [5.41, 5.74) is 1.19. The molecule has 2 heterocycles. The van der Waals surface area contributed by atoms with Crippen molar-refractivity contribution in [2.75, 3.05) is 26.3 Å². The molecule has 0 aromatic heterocycles. The zero-order valence-corrected chi connectivity index (χ0v) is 14.4. The number of hydrogen-bond donors (Lipinski definition) is 1. The number of ether oxygens (including phenoxy) is 2. The molecule has 132 valence electrons. The average Bonchev–Trinajstić information content (AvgIpc) is 3.28. The monoisotopic (exact) mass is 332 g/mol. The molecule has 24 heavy (non-hydrogen) atoms. The first kappa shape index (κ1) is 17.2. The molecule has 2 fully saturated rings. The summed E-state index contributed by atoms with van der Waals surface area (Å²) >= 11 is 0. The van der Waals surface area contributed by atoms with Gasteiger partial charge in [0.25, 0.3) is 0 Å². The first-order chi connectivity index (χ1) is 11.7. The third kappa shape index (κ3) is 4.71. The normalized spacial score (nSPS) is 25.0. The minimum atomic E-state index is 0.0311. The molecule has 0 radical (unpaired) electrons. The van der Waals surface area contributed by atoms with E-state index in [9.17, 15) is 4.79 Å². The fourth-order valence-corrected chi connectivity index (χ4v) is 3.45. The van der Waals surface area contributed by atoms with Crippen LogP contribution in [0.3, 0.4) is 0 Å². The largest absolute Gasteiger partial charge is 0.376 e. The number of hydrogen-bond acceptors (Lipinski definition) is 3. The fourth-order valence-electron chi connectivity index (χ4n) is 3.45. The molecule has 2 aliphatic rings. The topological polar surface area (TPSA) is 50.8 Å². The van der Waals surface area contributed by atoms with Gasteiger partial charge in [0.05, 0.1) is 25.4 Å². The fraction of sp³-hybridized carbons (Fsp3) is 0.632. The number of urea groups is 1. The molecule has 1 aromatic rings. The number of likely N-dealkylation sites (tertiary alicyclic amines) is 1. The Morgan fingerprint density at radius 2 is 2.21 bits per heavy atom. The zero-order chi connectivity index (χ0) is 16.8. The maximum atomic E-state index is 12.4. The summed E-state index contributed by atoms with van der Waals surface area (Å²) in [4.78, 5) is 14.3. The molecule has 3 rings (SSSR count). The third-order valence-electron chi connectivity index (χ3n) is 4.91. The number of nitrogens with one attached hydrogen (secondary N) is 1. The number of rotatable bonds is 6. The summed E-state index contributed by atoms with van der Waals surface area (Å²) in [5, 5.41) is 3.09. The summed E-state index contributed by atoms with van der Waals surface area (Å²) in [6.45, 7) is 5.78. The second kappa shape index (κ2) is 8.49. The summed E-state index contributed by atoms with van der Waals surface area (Å²) in [6, 6.07) is 10.3. The van der Waals surface area contributed by atoms with Crippen LogP contribution in [0.25, 0.3) is 0 Å². The molecule has 2 amide bonds. The maximum absolute atomic E-state index is 12.4. The van der Waals surface area contributed by atoms with E-state index >= 15 is 0 Å². The Bertz CT molecular complexity index is 517. The van der Waals surface area contributed by atoms with Crippen LogP contribution in [0, 0.1) is 5.92 Å². The molecule has 0 unspecified atom stereocenters. The minimum Gasteiger partial charge on any atom is -0.376 e. The van der Waals surface area contributed by atoms with Crippen LogP contribution >= 0.6 is 0 Å². The van der Waals surface area contributed by atoms with Gasteiger partial charge in [-0.05, 0) is 31.7 Å². The highest BCUT2D eigenvalue weighted by molar-refractivity contribution is 5.74. The van der Waals surface area contributed by atoms with Crippen molar-refractivity contribution in [3.05, 3.63) is 35.9 Å². The number of nitrogens with zero attached hydrogens (tertiary/aromatic N) is 1. The van der Waals surface area contributed by atoms with Crippen LogP contribution in [0.1, 0.15) is 31.7 Å². The SMILES string of the molecule is C[C@H](NC(=O)N1CC[C@H](COCc2ccccc2)C1)[C@H]1CCCO1. The lowest BCUT2D eigenvalue weighted by molar-refractivity contribution is 0.0818. The summed E-state index contributed by atoms with van der Waals surface area (Å²) in [5.74, 6) is 0.428. The Morgan fingerprint density at radius 1 is 1.38 bits per heavy atom. The summed E-state index contributed by atoms with van der Waals surface area (Å²) < 4.78 is 11.5. The number of carbonyl (C=O) groups is 1. The standard InChI is InChI=1S/C19H28N2O3/c1-15(18-8-5-11-24-18)20-19(22)21-10-9-17(12-21)14-23-13-16-6-3-2-4-7-16/h2-4,6-7,15,17-18H,5,8-14H2,1H3,(H,20,22)/t15-,17-,18+/m0/s1. The third-order valence-corrected chi connectivity index (χ3v) is 4.91. The van der Waals surface area contributed by atoms with Crippen LogP contribution < -0.4 is 5.32 Å². The Hall–Kier alpha value is -1.59. The van der Waals surface area contributed by atoms with Crippen molar-refractivity contribution < 1.29 is 14.3 Å². The lowest BCUT2D eigenvalue weighted by Gasteiger charge is -2.24. The van der Waals surface area contributed by atoms with E-state index in [1.54, 1.807) is 0 Å². The predicted octanol–water partition coefficient (Wildman–Crippen LogP) is 2.80. The smallest absolute Gasteiger partial charge is 0.317 e. The Balaban J connectivity index is 1.36. The molecule has 3 atom stereocenters. The lowest BCUT2D eigenvalue weighted by Crippen LogP contribution is -2.47. The second-order valence-electron chi connectivity index (χ2n) is 6.89. The van der Waals surface area contributed by atoms with Crippen molar-refractivity contribution in [2.24, 2.45) is 5.92 Å². The molecule has 1 N–H and O–H groups in total. The van der Waals surface area contributed by atoms with Crippen LogP contribution in [0.5, 0.6) is 0 Å². The first-order valence-electron chi connectivity index (χ1n) is 9.01. The van der Waals surface area contributed by atoms with Gasteiger partial charge in [-0.1, -0.05) is 30.3 Å². The molecule has 0 aliphatic carbocycles. The van der Waals surface area contributed by atoms with E-state index in [1.165, 1.54) is 5.56 Å². The van der Waals surface area contributed by atoms with Gasteiger partial charge >= 0.3 is 6.03 Å². The van der Waals surface area contributed by atoms with Gasteiger partial charge in [-0.2, -0.15) is 0 Å². The van der Waals surface area contributed by atoms with Crippen LogP contribution in [0.2, 0.25) is 0 Å². The van der Waals surface area contributed by atoms with E-state index in [4.69, 9.17) is 9.47 Å². The first-order valence-corrected chi connectivity index (χ1v) is 9.01. The van der Waals surface area contributed by atoms with E-state index in [0.29, 0.717) is 19.1 Å². The Kier molecular flexibility index (Phi) is 6.10. The van der Waals surface area contributed by atoms with Gasteiger partial charge in [0.1, 0.15) is 0 Å². The second-order valence-corrected chi connectivity index (χ2v) is 6.89. The maximum Gasteiger partial charge on any atom is 0.317 e. The van der Waals surface area contributed by atoms with Crippen LogP contribution in [-0.2, 0) is 16.1 Å². The van der Waals surface area contributed by atoms with Gasteiger partial charge in [-0.15, -0.1) is 0 Å². The van der Waals surface area contributed by atoms with Crippen molar-refractivity contribution >= 4 is 6.03 Å². The van der Waals surface area contributed by atoms with E-state index in [-0.39, 0.29) is 18.2 Å². The molecule has 0 bridgehead atoms. The molecule has 2 aliphatic heterocycles. The Morgan fingerprint density at radius 3 is 2.96 bits per heavy atom. The molecule has 0 saturated carbocycles. The minimum absolute atomic E-state index is 0.0311. The highest BCUT2D eigenvalue weighted by atomic mass is 16.5. The molecular weight excluding hydrogens is 304 g/mol. The summed E-state index contributed by atoms with van der Waals surface area (Å²) in [7, 11) is 0.